The number of hydrogen-bond acceptors (Lipinski definition) is 13. The van der Waals surface area contributed by atoms with E-state index in [1.807, 2.05) is 13.8 Å². The fraction of sp³-hybridized carbons (Fsp3) is 0.520. The molecule has 2 aromatic heterocycles. The third-order valence-electron chi connectivity index (χ3n) is 6.51. The van der Waals surface area contributed by atoms with E-state index in [1.54, 1.807) is 30.3 Å². The molecule has 43 heavy (non-hydrogen) atoms. The summed E-state index contributed by atoms with van der Waals surface area (Å²) in [6, 6.07) is 7.11. The first-order valence-electron chi connectivity index (χ1n) is 13.3. The Hall–Kier alpha value is -3.98. The van der Waals surface area contributed by atoms with Crippen LogP contribution < -0.4 is 20.1 Å². The molecule has 1 aliphatic heterocycles. The molecule has 1 fully saturated rings. The van der Waals surface area contributed by atoms with Crippen molar-refractivity contribution in [3.05, 3.63) is 47.1 Å². The highest BCUT2D eigenvalue weighted by molar-refractivity contribution is 7.52. The maximum Gasteiger partial charge on any atom is 0.459 e. The van der Waals surface area contributed by atoms with E-state index in [-0.39, 0.29) is 41.3 Å². The maximum absolute atomic E-state index is 13.9. The molecule has 1 aromatic carbocycles. The van der Waals surface area contributed by atoms with Gasteiger partial charge < -0.3 is 29.6 Å². The van der Waals surface area contributed by atoms with E-state index in [0.29, 0.717) is 0 Å². The van der Waals surface area contributed by atoms with Crippen molar-refractivity contribution in [2.45, 2.75) is 57.7 Å². The minimum absolute atomic E-state index is 0.0933. The van der Waals surface area contributed by atoms with Crippen LogP contribution in [0.15, 0.2) is 41.8 Å². The Balaban J connectivity index is 1.60. The van der Waals surface area contributed by atoms with Gasteiger partial charge in [-0.1, -0.05) is 37.2 Å². The summed E-state index contributed by atoms with van der Waals surface area (Å²) < 4.78 is 43.3. The number of carbonyl (C=O) groups is 1. The summed E-state index contributed by atoms with van der Waals surface area (Å²) in [5.74, 6) is -0.374. The number of para-hydroxylation sites is 1. The Bertz CT molecular complexity index is 1530. The number of hydrogen-bond donors (Lipinski definition) is 3. The first-order valence-corrected chi connectivity index (χ1v) is 14.8. The second-order valence-electron chi connectivity index (χ2n) is 10.4. The van der Waals surface area contributed by atoms with E-state index < -0.39 is 50.3 Å². The first-order chi connectivity index (χ1) is 20.4. The van der Waals surface area contributed by atoms with Gasteiger partial charge in [0.15, 0.2) is 17.4 Å². The molecule has 1 unspecified atom stereocenters. The lowest BCUT2D eigenvalue weighted by Crippen LogP contribution is -2.43. The molecule has 3 heterocycles. The fourth-order valence-corrected chi connectivity index (χ4v) is 5.85. The molecule has 4 rings (SSSR count). The number of nitrogen functional groups attached to an aromatic ring is 1. The van der Waals surface area contributed by atoms with Gasteiger partial charge in [-0.05, 0) is 37.4 Å². The number of imidazole rings is 1. The number of nitrogens with zero attached hydrogens (tertiary/aromatic N) is 7. The van der Waals surface area contributed by atoms with Crippen LogP contribution in [-0.2, 0) is 23.4 Å². The standard InChI is InChI=1S/C25H34N9O8P/c1-14(2)11-39-22(36)15(3)31-43(37,42-16-9-7-6-8-10-16)40-12-17-19(35)25(4,32-33-27)23(41-17)34-13-28-18-20(34)29-24(26)30-21(18)38-5/h6-10,13-15,17,19,23,35H,11-12H2,1-5H3,(H,31,37)(H2,26,29,30)/t15-,17+,19+,23+,25+,43?/m0/s1. The quantitative estimate of drug-likeness (QED) is 0.0821. The molecule has 0 aliphatic carbocycles. The van der Waals surface area contributed by atoms with Crippen molar-refractivity contribution in [2.75, 3.05) is 26.1 Å². The van der Waals surface area contributed by atoms with E-state index in [0.717, 1.165) is 0 Å². The topological polar surface area (TPSA) is 231 Å². The fourth-order valence-electron chi connectivity index (χ4n) is 4.35. The maximum atomic E-state index is 13.9. The van der Waals surface area contributed by atoms with E-state index in [9.17, 15) is 20.0 Å². The van der Waals surface area contributed by atoms with Crippen LogP contribution in [0, 0.1) is 5.92 Å². The third-order valence-corrected chi connectivity index (χ3v) is 8.15. The van der Waals surface area contributed by atoms with Gasteiger partial charge in [-0.3, -0.25) is 13.9 Å². The molecule has 3 aromatic rings. The average molecular weight is 620 g/mol. The van der Waals surface area contributed by atoms with Gasteiger partial charge in [0.25, 0.3) is 0 Å². The number of aromatic nitrogens is 4. The van der Waals surface area contributed by atoms with E-state index >= 15 is 0 Å². The normalized spacial score (nSPS) is 23.8. The van der Waals surface area contributed by atoms with Gasteiger partial charge in [-0.15, -0.1) is 0 Å². The number of anilines is 1. The molecule has 17 nitrogen and oxygen atoms in total. The van der Waals surface area contributed by atoms with Gasteiger partial charge in [0, 0.05) is 4.91 Å². The highest BCUT2D eigenvalue weighted by Gasteiger charge is 2.55. The summed E-state index contributed by atoms with van der Waals surface area (Å²) in [5.41, 5.74) is 14.0. The molecule has 0 spiro atoms. The lowest BCUT2D eigenvalue weighted by molar-refractivity contribution is -0.146. The van der Waals surface area contributed by atoms with Gasteiger partial charge in [-0.2, -0.15) is 15.1 Å². The van der Waals surface area contributed by atoms with Gasteiger partial charge in [-0.25, -0.2) is 9.55 Å². The lowest BCUT2D eigenvalue weighted by atomic mass is 9.93. The number of carbonyl (C=O) groups excluding carboxylic acids is 1. The predicted octanol–water partition coefficient (Wildman–Crippen LogP) is 3.13. The summed E-state index contributed by atoms with van der Waals surface area (Å²) in [7, 11) is -2.90. The average Bonchev–Trinajstić information content (AvgIpc) is 3.48. The minimum Gasteiger partial charge on any atom is -0.479 e. The van der Waals surface area contributed by atoms with Crippen LogP contribution >= 0.6 is 7.75 Å². The van der Waals surface area contributed by atoms with Crippen molar-refractivity contribution in [1.29, 1.82) is 0 Å². The van der Waals surface area contributed by atoms with Crippen molar-refractivity contribution in [3.8, 4) is 11.6 Å². The highest BCUT2D eigenvalue weighted by Crippen LogP contribution is 2.48. The Labute approximate surface area is 246 Å². The SMILES string of the molecule is COc1nc(N)nc2c1ncn2[C@@H]1O[C@H](COP(=O)(N[C@@H](C)C(=O)OCC(C)C)Oc2ccccc2)[C@@H](O)[C@@]1(C)N=[N+]=[N-]. The zero-order valence-electron chi connectivity index (χ0n) is 24.2. The van der Waals surface area contributed by atoms with Crippen LogP contribution in [0.5, 0.6) is 11.6 Å². The Kier molecular flexibility index (Phi) is 9.75. The summed E-state index contributed by atoms with van der Waals surface area (Å²) in [6.07, 6.45) is -2.48. The number of esters is 1. The predicted molar refractivity (Wildman–Crippen MR) is 153 cm³/mol. The number of nitrogens with one attached hydrogen (secondary N) is 1. The molecule has 6 atom stereocenters. The Morgan fingerprint density at radius 1 is 1.33 bits per heavy atom. The van der Waals surface area contributed by atoms with Gasteiger partial charge in [0.2, 0.25) is 11.8 Å². The second-order valence-corrected chi connectivity index (χ2v) is 12.1. The van der Waals surface area contributed by atoms with E-state index in [4.69, 9.17) is 29.0 Å². The van der Waals surface area contributed by atoms with Crippen LogP contribution in [0.3, 0.4) is 0 Å². The smallest absolute Gasteiger partial charge is 0.459 e. The Morgan fingerprint density at radius 2 is 2.05 bits per heavy atom. The van der Waals surface area contributed by atoms with Gasteiger partial charge in [0.05, 0.1) is 32.8 Å². The number of benzene rings is 1. The van der Waals surface area contributed by atoms with Crippen LogP contribution in [0.4, 0.5) is 5.95 Å². The van der Waals surface area contributed by atoms with Crippen LogP contribution in [0.25, 0.3) is 21.6 Å². The lowest BCUT2D eigenvalue weighted by Gasteiger charge is -2.28. The number of azide groups is 1. The molecule has 232 valence electrons. The zero-order chi connectivity index (χ0) is 31.4. The summed E-state index contributed by atoms with van der Waals surface area (Å²) in [5, 5.41) is 17.7. The number of aliphatic hydroxyl groups excluding tert-OH is 1. The number of ether oxygens (including phenoxy) is 3. The molecule has 0 saturated carbocycles. The van der Waals surface area contributed by atoms with Gasteiger partial charge >= 0.3 is 13.7 Å². The van der Waals surface area contributed by atoms with Gasteiger partial charge in [0.1, 0.15) is 23.4 Å². The van der Waals surface area contributed by atoms with Crippen molar-refractivity contribution < 1.29 is 37.7 Å². The van der Waals surface area contributed by atoms with Crippen molar-refractivity contribution in [3.63, 3.8) is 0 Å². The molecule has 0 radical (unpaired) electrons. The molecule has 0 amide bonds. The number of rotatable bonds is 13. The molecule has 1 aliphatic rings. The van der Waals surface area contributed by atoms with Crippen molar-refractivity contribution in [2.24, 2.45) is 11.0 Å². The molecule has 4 N–H and O–H groups in total. The monoisotopic (exact) mass is 619 g/mol. The number of fused-ring (bicyclic) bond motifs is 1. The second kappa shape index (κ2) is 13.1. The summed E-state index contributed by atoms with van der Waals surface area (Å²) in [4.78, 5) is 27.9. The third kappa shape index (κ3) is 6.99. The largest absolute Gasteiger partial charge is 0.479 e. The summed E-state index contributed by atoms with van der Waals surface area (Å²) in [6.45, 7) is 6.35. The van der Waals surface area contributed by atoms with Crippen LogP contribution in [-0.4, -0.2) is 74.7 Å². The number of nitrogens with two attached hydrogens (primary N) is 1. The number of methoxy groups -OCH3 is 1. The highest BCUT2D eigenvalue weighted by atomic mass is 31.2. The zero-order valence-corrected chi connectivity index (χ0v) is 25.1. The molecule has 1 saturated heterocycles. The van der Waals surface area contributed by atoms with E-state index in [1.165, 1.54) is 31.9 Å². The molecule has 0 bridgehead atoms. The molecular weight excluding hydrogens is 585 g/mol. The van der Waals surface area contributed by atoms with Crippen molar-refractivity contribution >= 4 is 30.8 Å². The van der Waals surface area contributed by atoms with Crippen molar-refractivity contribution in [1.82, 2.24) is 24.6 Å². The number of aliphatic hydroxyl groups is 1. The van der Waals surface area contributed by atoms with E-state index in [2.05, 4.69) is 30.1 Å². The summed E-state index contributed by atoms with van der Waals surface area (Å²) >= 11 is 0. The molecular formula is C25H34N9O8P. The Morgan fingerprint density at radius 3 is 2.70 bits per heavy atom. The molecule has 18 heteroatoms. The van der Waals surface area contributed by atoms with Crippen LogP contribution in [0.2, 0.25) is 0 Å². The minimum atomic E-state index is -4.29. The first kappa shape index (κ1) is 31.9. The van der Waals surface area contributed by atoms with Crippen LogP contribution in [0.1, 0.15) is 33.9 Å².